The first kappa shape index (κ1) is 14.7. The summed E-state index contributed by atoms with van der Waals surface area (Å²) in [6, 6.07) is 16.7. The van der Waals surface area contributed by atoms with Crippen LogP contribution >= 0.6 is 0 Å². The second-order valence-electron chi connectivity index (χ2n) is 6.00. The van der Waals surface area contributed by atoms with Gasteiger partial charge in [-0.3, -0.25) is 0 Å². The van der Waals surface area contributed by atoms with E-state index < -0.39 is 0 Å². The van der Waals surface area contributed by atoms with Crippen molar-refractivity contribution in [3.63, 3.8) is 0 Å². The van der Waals surface area contributed by atoms with E-state index in [0.29, 0.717) is 6.54 Å². The quantitative estimate of drug-likeness (QED) is 0.744. The van der Waals surface area contributed by atoms with Crippen molar-refractivity contribution in [3.05, 3.63) is 72.3 Å². The summed E-state index contributed by atoms with van der Waals surface area (Å²) in [6.45, 7) is 6.26. The maximum atomic E-state index is 4.79. The molecule has 3 aromatic rings. The molecule has 0 atom stereocenters. The lowest BCUT2D eigenvalue weighted by atomic mass is 10.0. The number of hydrogen-bond acceptors (Lipinski definition) is 4. The molecule has 1 N–H and O–H groups in total. The van der Waals surface area contributed by atoms with E-state index in [9.17, 15) is 0 Å². The summed E-state index contributed by atoms with van der Waals surface area (Å²) in [4.78, 5) is 11.8. The Labute approximate surface area is 141 Å². The zero-order valence-electron chi connectivity index (χ0n) is 13.6. The van der Waals surface area contributed by atoms with Crippen LogP contribution < -0.4 is 10.2 Å². The largest absolute Gasteiger partial charge is 0.366 e. The third kappa shape index (κ3) is 2.71. The number of hydrogen-bond donors (Lipinski definition) is 1. The van der Waals surface area contributed by atoms with Gasteiger partial charge in [0.05, 0.1) is 5.52 Å². The van der Waals surface area contributed by atoms with E-state index in [1.807, 2.05) is 24.3 Å². The minimum Gasteiger partial charge on any atom is -0.366 e. The second kappa shape index (κ2) is 6.32. The average Bonchev–Trinajstić information content (AvgIpc) is 2.65. The summed E-state index contributed by atoms with van der Waals surface area (Å²) >= 11 is 0. The number of nitrogens with zero attached hydrogens (tertiary/aromatic N) is 3. The first-order chi connectivity index (χ1) is 11.8. The van der Waals surface area contributed by atoms with Crippen molar-refractivity contribution in [2.24, 2.45) is 0 Å². The molecule has 0 saturated heterocycles. The number of aromatic nitrogens is 2. The molecule has 4 nitrogen and oxygen atoms in total. The molecular formula is C20H20N4. The Kier molecular flexibility index (Phi) is 3.87. The third-order valence-corrected chi connectivity index (χ3v) is 4.42. The van der Waals surface area contributed by atoms with Crippen LogP contribution in [0.1, 0.15) is 11.1 Å². The molecule has 2 heterocycles. The van der Waals surface area contributed by atoms with Crippen molar-refractivity contribution in [2.45, 2.75) is 13.0 Å². The Balaban J connectivity index is 1.73. The number of rotatable bonds is 4. The van der Waals surface area contributed by atoms with Crippen molar-refractivity contribution < 1.29 is 0 Å². The SMILES string of the molecule is C=CCNc1nc(N2CCc3ccccc3C2)nc2ccccc12. The van der Waals surface area contributed by atoms with Crippen molar-refractivity contribution >= 4 is 22.7 Å². The van der Waals surface area contributed by atoms with Gasteiger partial charge in [0.15, 0.2) is 0 Å². The minimum atomic E-state index is 0.684. The van der Waals surface area contributed by atoms with E-state index >= 15 is 0 Å². The van der Waals surface area contributed by atoms with E-state index in [1.165, 1.54) is 11.1 Å². The number of fused-ring (bicyclic) bond motifs is 2. The average molecular weight is 316 g/mol. The van der Waals surface area contributed by atoms with Gasteiger partial charge >= 0.3 is 0 Å². The van der Waals surface area contributed by atoms with Crippen LogP contribution in [0.2, 0.25) is 0 Å². The van der Waals surface area contributed by atoms with E-state index in [0.717, 1.165) is 42.2 Å². The lowest BCUT2D eigenvalue weighted by molar-refractivity contribution is 0.710. The summed E-state index contributed by atoms with van der Waals surface area (Å²) in [6.07, 6.45) is 2.87. The maximum absolute atomic E-state index is 4.79. The molecular weight excluding hydrogens is 296 g/mol. The Morgan fingerprint density at radius 3 is 2.71 bits per heavy atom. The van der Waals surface area contributed by atoms with Gasteiger partial charge in [-0.05, 0) is 29.7 Å². The van der Waals surface area contributed by atoms with Gasteiger partial charge in [-0.15, -0.1) is 6.58 Å². The zero-order chi connectivity index (χ0) is 16.4. The van der Waals surface area contributed by atoms with Gasteiger partial charge in [-0.25, -0.2) is 4.98 Å². The number of nitrogens with one attached hydrogen (secondary N) is 1. The summed E-state index contributed by atoms with van der Waals surface area (Å²) < 4.78 is 0. The van der Waals surface area contributed by atoms with Crippen LogP contribution in [0.15, 0.2) is 61.2 Å². The van der Waals surface area contributed by atoms with Gasteiger partial charge in [0.1, 0.15) is 5.82 Å². The van der Waals surface area contributed by atoms with Gasteiger partial charge in [-0.2, -0.15) is 4.98 Å². The van der Waals surface area contributed by atoms with Gasteiger partial charge in [0, 0.05) is 25.0 Å². The topological polar surface area (TPSA) is 41.1 Å². The van der Waals surface area contributed by atoms with Gasteiger partial charge in [0.25, 0.3) is 0 Å². The van der Waals surface area contributed by atoms with Crippen molar-refractivity contribution in [2.75, 3.05) is 23.3 Å². The summed E-state index contributed by atoms with van der Waals surface area (Å²) in [5.74, 6) is 1.66. The van der Waals surface area contributed by atoms with Crippen LogP contribution in [0, 0.1) is 0 Å². The molecule has 4 heteroatoms. The molecule has 0 radical (unpaired) electrons. The third-order valence-electron chi connectivity index (χ3n) is 4.42. The Morgan fingerprint density at radius 2 is 1.83 bits per heavy atom. The monoisotopic (exact) mass is 316 g/mol. The molecule has 0 aliphatic carbocycles. The van der Waals surface area contributed by atoms with E-state index in [4.69, 9.17) is 9.97 Å². The highest BCUT2D eigenvalue weighted by atomic mass is 15.3. The van der Waals surface area contributed by atoms with E-state index in [2.05, 4.69) is 47.1 Å². The fourth-order valence-corrected chi connectivity index (χ4v) is 3.18. The van der Waals surface area contributed by atoms with Crippen molar-refractivity contribution in [1.82, 2.24) is 9.97 Å². The van der Waals surface area contributed by atoms with Crippen LogP contribution in [0.25, 0.3) is 10.9 Å². The summed E-state index contributed by atoms with van der Waals surface area (Å²) in [7, 11) is 0. The van der Waals surface area contributed by atoms with E-state index in [1.54, 1.807) is 0 Å². The first-order valence-corrected chi connectivity index (χ1v) is 8.28. The molecule has 0 fully saturated rings. The van der Waals surface area contributed by atoms with Crippen LogP contribution in [-0.2, 0) is 13.0 Å². The molecule has 1 aliphatic heterocycles. The predicted octanol–water partition coefficient (Wildman–Crippen LogP) is 3.79. The molecule has 4 rings (SSSR count). The smallest absolute Gasteiger partial charge is 0.228 e. The van der Waals surface area contributed by atoms with Gasteiger partial charge < -0.3 is 10.2 Å². The highest BCUT2D eigenvalue weighted by Gasteiger charge is 2.19. The van der Waals surface area contributed by atoms with Gasteiger partial charge in [-0.1, -0.05) is 42.5 Å². The minimum absolute atomic E-state index is 0.684. The second-order valence-corrected chi connectivity index (χ2v) is 6.00. The maximum Gasteiger partial charge on any atom is 0.228 e. The Hall–Kier alpha value is -2.88. The summed E-state index contributed by atoms with van der Waals surface area (Å²) in [5.41, 5.74) is 3.76. The molecule has 0 saturated carbocycles. The molecule has 24 heavy (non-hydrogen) atoms. The fraction of sp³-hybridized carbons (Fsp3) is 0.200. The molecule has 1 aliphatic rings. The molecule has 2 aromatic carbocycles. The fourth-order valence-electron chi connectivity index (χ4n) is 3.18. The molecule has 120 valence electrons. The highest BCUT2D eigenvalue weighted by Crippen LogP contribution is 2.27. The highest BCUT2D eigenvalue weighted by molar-refractivity contribution is 5.90. The van der Waals surface area contributed by atoms with Crippen molar-refractivity contribution in [1.29, 1.82) is 0 Å². The van der Waals surface area contributed by atoms with Crippen LogP contribution in [0.4, 0.5) is 11.8 Å². The van der Waals surface area contributed by atoms with Gasteiger partial charge in [0.2, 0.25) is 5.95 Å². The molecule has 0 unspecified atom stereocenters. The lowest BCUT2D eigenvalue weighted by Crippen LogP contribution is -2.31. The van der Waals surface area contributed by atoms with Crippen LogP contribution in [-0.4, -0.2) is 23.1 Å². The van der Waals surface area contributed by atoms with Crippen LogP contribution in [0.3, 0.4) is 0 Å². The predicted molar refractivity (Wildman–Crippen MR) is 99.4 cm³/mol. The zero-order valence-corrected chi connectivity index (χ0v) is 13.6. The van der Waals surface area contributed by atoms with Crippen molar-refractivity contribution in [3.8, 4) is 0 Å². The normalized spacial score (nSPS) is 13.6. The molecule has 0 bridgehead atoms. The Morgan fingerprint density at radius 1 is 1.04 bits per heavy atom. The first-order valence-electron chi connectivity index (χ1n) is 8.28. The van der Waals surface area contributed by atoms with E-state index in [-0.39, 0.29) is 0 Å². The van der Waals surface area contributed by atoms with Crippen LogP contribution in [0.5, 0.6) is 0 Å². The number of benzene rings is 2. The standard InChI is InChI=1S/C20H20N4/c1-2-12-21-19-17-9-5-6-10-18(17)22-20(23-19)24-13-11-15-7-3-4-8-16(15)14-24/h2-10H,1,11-14H2,(H,21,22,23). The molecule has 0 spiro atoms. The summed E-state index contributed by atoms with van der Waals surface area (Å²) in [5, 5.41) is 4.38. The Bertz CT molecular complexity index is 888. The molecule has 1 aromatic heterocycles. The molecule has 0 amide bonds. The lowest BCUT2D eigenvalue weighted by Gasteiger charge is -2.29. The number of anilines is 2. The number of para-hydroxylation sites is 1.